The number of nitriles is 1. The van der Waals surface area contributed by atoms with E-state index in [9.17, 15) is 14.9 Å². The third-order valence-corrected chi connectivity index (χ3v) is 4.28. The van der Waals surface area contributed by atoms with Crippen LogP contribution < -0.4 is 15.4 Å². The zero-order valence-corrected chi connectivity index (χ0v) is 17.1. The number of carbonyl (C=O) groups is 2. The van der Waals surface area contributed by atoms with E-state index < -0.39 is 5.91 Å². The molecule has 154 valence electrons. The molecule has 0 unspecified atom stereocenters. The number of hydrogen-bond donors (Lipinski definition) is 2. The number of rotatable bonds is 7. The van der Waals surface area contributed by atoms with Crippen molar-refractivity contribution in [3.8, 4) is 11.8 Å². The molecule has 0 atom stereocenters. The van der Waals surface area contributed by atoms with E-state index in [1.165, 1.54) is 6.08 Å². The molecule has 0 aliphatic carbocycles. The van der Waals surface area contributed by atoms with Crippen molar-refractivity contribution in [2.24, 2.45) is 0 Å². The lowest BCUT2D eigenvalue weighted by molar-refractivity contribution is -0.118. The Morgan fingerprint density at radius 2 is 1.68 bits per heavy atom. The van der Waals surface area contributed by atoms with E-state index >= 15 is 0 Å². The van der Waals surface area contributed by atoms with Crippen molar-refractivity contribution >= 4 is 40.9 Å². The number of nitrogens with one attached hydrogen (secondary N) is 2. The summed E-state index contributed by atoms with van der Waals surface area (Å²) in [5, 5.41) is 15.2. The Morgan fingerprint density at radius 3 is 2.42 bits per heavy atom. The predicted molar refractivity (Wildman–Crippen MR) is 121 cm³/mol. The normalized spacial score (nSPS) is 10.6. The summed E-state index contributed by atoms with van der Waals surface area (Å²) in [5.74, 6) is -0.423. The van der Waals surface area contributed by atoms with Gasteiger partial charge in [-0.15, -0.1) is 0 Å². The summed E-state index contributed by atoms with van der Waals surface area (Å²) in [6.45, 7) is -0.178. The molecule has 0 radical (unpaired) electrons. The maximum atomic E-state index is 12.4. The summed E-state index contributed by atoms with van der Waals surface area (Å²) < 4.78 is 5.53. The number of nitrogens with zero attached hydrogens (tertiary/aromatic N) is 1. The minimum Gasteiger partial charge on any atom is -0.484 e. The largest absolute Gasteiger partial charge is 0.484 e. The van der Waals surface area contributed by atoms with Gasteiger partial charge >= 0.3 is 0 Å². The lowest BCUT2D eigenvalue weighted by Crippen LogP contribution is -2.20. The van der Waals surface area contributed by atoms with Crippen LogP contribution in [0, 0.1) is 11.3 Å². The molecule has 3 rings (SSSR count). The molecule has 0 aromatic heterocycles. The SMILES string of the molecule is N#C/C(=C/c1cccc(OCC(=O)Nc2ccccc2)c1)C(=O)Nc1cccc(Cl)c1. The van der Waals surface area contributed by atoms with E-state index in [2.05, 4.69) is 10.6 Å². The zero-order valence-electron chi connectivity index (χ0n) is 16.3. The minimum absolute atomic E-state index is 0.0843. The van der Waals surface area contributed by atoms with Gasteiger partial charge in [-0.3, -0.25) is 9.59 Å². The highest BCUT2D eigenvalue weighted by molar-refractivity contribution is 6.31. The maximum Gasteiger partial charge on any atom is 0.266 e. The van der Waals surface area contributed by atoms with E-state index in [1.54, 1.807) is 60.7 Å². The Labute approximate surface area is 184 Å². The van der Waals surface area contributed by atoms with E-state index in [1.807, 2.05) is 24.3 Å². The molecule has 3 aromatic carbocycles. The van der Waals surface area contributed by atoms with Crippen molar-refractivity contribution < 1.29 is 14.3 Å². The molecule has 3 aromatic rings. The van der Waals surface area contributed by atoms with Crippen LogP contribution in [0.15, 0.2) is 84.4 Å². The minimum atomic E-state index is -0.557. The molecule has 0 aliphatic heterocycles. The number of amides is 2. The molecule has 0 saturated heterocycles. The van der Waals surface area contributed by atoms with Crippen molar-refractivity contribution in [1.29, 1.82) is 5.26 Å². The topological polar surface area (TPSA) is 91.2 Å². The van der Waals surface area contributed by atoms with Gasteiger partial charge in [-0.25, -0.2) is 0 Å². The summed E-state index contributed by atoms with van der Waals surface area (Å²) in [6.07, 6.45) is 1.44. The molecule has 6 nitrogen and oxygen atoms in total. The molecule has 7 heteroatoms. The van der Waals surface area contributed by atoms with Crippen molar-refractivity contribution in [2.45, 2.75) is 0 Å². The summed E-state index contributed by atoms with van der Waals surface area (Å²) in [7, 11) is 0. The molecule has 0 bridgehead atoms. The summed E-state index contributed by atoms with van der Waals surface area (Å²) in [6, 6.07) is 24.3. The second-order valence-corrected chi connectivity index (χ2v) is 6.85. The molecule has 0 spiro atoms. The van der Waals surface area contributed by atoms with Gasteiger partial charge in [-0.05, 0) is 54.1 Å². The van der Waals surface area contributed by atoms with Crippen LogP contribution in [0.5, 0.6) is 5.75 Å². The van der Waals surface area contributed by atoms with Gasteiger partial charge in [0.1, 0.15) is 17.4 Å². The second kappa shape index (κ2) is 10.6. The lowest BCUT2D eigenvalue weighted by atomic mass is 10.1. The Balaban J connectivity index is 1.63. The highest BCUT2D eigenvalue weighted by Gasteiger charge is 2.10. The van der Waals surface area contributed by atoms with Crippen LogP contribution in [0.2, 0.25) is 5.02 Å². The maximum absolute atomic E-state index is 12.4. The highest BCUT2D eigenvalue weighted by Crippen LogP contribution is 2.18. The van der Waals surface area contributed by atoms with Gasteiger partial charge in [0.05, 0.1) is 0 Å². The van der Waals surface area contributed by atoms with Crippen LogP contribution >= 0.6 is 11.6 Å². The number of halogens is 1. The number of hydrogen-bond acceptors (Lipinski definition) is 4. The number of anilines is 2. The molecule has 31 heavy (non-hydrogen) atoms. The highest BCUT2D eigenvalue weighted by atomic mass is 35.5. The van der Waals surface area contributed by atoms with Gasteiger partial charge in [0.25, 0.3) is 11.8 Å². The number of benzene rings is 3. The fourth-order valence-corrected chi connectivity index (χ4v) is 2.83. The number of ether oxygens (including phenoxy) is 1. The fourth-order valence-electron chi connectivity index (χ4n) is 2.64. The van der Waals surface area contributed by atoms with Gasteiger partial charge < -0.3 is 15.4 Å². The van der Waals surface area contributed by atoms with Gasteiger partial charge in [0.2, 0.25) is 0 Å². The first-order chi connectivity index (χ1) is 15.0. The molecule has 2 amide bonds. The van der Waals surface area contributed by atoms with Crippen LogP contribution in [0.25, 0.3) is 6.08 Å². The Morgan fingerprint density at radius 1 is 0.935 bits per heavy atom. The van der Waals surface area contributed by atoms with E-state index in [4.69, 9.17) is 16.3 Å². The Bertz CT molecular complexity index is 1150. The van der Waals surface area contributed by atoms with Crippen molar-refractivity contribution in [1.82, 2.24) is 0 Å². The standard InChI is InChI=1S/C24H18ClN3O3/c25-19-7-5-10-21(14-19)28-24(30)18(15-26)12-17-6-4-11-22(13-17)31-16-23(29)27-20-8-2-1-3-9-20/h1-14H,16H2,(H,27,29)(H,28,30)/b18-12-. The predicted octanol–water partition coefficient (Wildman–Crippen LogP) is 4.90. The van der Waals surface area contributed by atoms with Gasteiger partial charge in [0.15, 0.2) is 6.61 Å². The van der Waals surface area contributed by atoms with Gasteiger partial charge in [-0.2, -0.15) is 5.26 Å². The monoisotopic (exact) mass is 431 g/mol. The van der Waals surface area contributed by atoms with Crippen molar-refractivity contribution in [2.75, 3.05) is 17.2 Å². The molecule has 0 fully saturated rings. The first-order valence-corrected chi connectivity index (χ1v) is 9.68. The summed E-state index contributed by atoms with van der Waals surface area (Å²) >= 11 is 5.91. The quantitative estimate of drug-likeness (QED) is 0.411. The van der Waals surface area contributed by atoms with Crippen molar-refractivity contribution in [3.05, 3.63) is 95.0 Å². The number of carbonyl (C=O) groups excluding carboxylic acids is 2. The summed E-state index contributed by atoms with van der Waals surface area (Å²) in [5.41, 5.74) is 1.66. The van der Waals surface area contributed by atoms with Gasteiger partial charge in [0, 0.05) is 16.4 Å². The molecule has 2 N–H and O–H groups in total. The third-order valence-electron chi connectivity index (χ3n) is 4.04. The first-order valence-electron chi connectivity index (χ1n) is 9.30. The van der Waals surface area contributed by atoms with Crippen LogP contribution in [0.1, 0.15) is 5.56 Å². The van der Waals surface area contributed by atoms with E-state index in [0.29, 0.717) is 27.7 Å². The van der Waals surface area contributed by atoms with Gasteiger partial charge in [-0.1, -0.05) is 48.0 Å². The molecular weight excluding hydrogens is 414 g/mol. The Kier molecular flexibility index (Phi) is 7.41. The third kappa shape index (κ3) is 6.74. The Hall–Kier alpha value is -4.08. The molecule has 0 saturated carbocycles. The summed E-state index contributed by atoms with van der Waals surface area (Å²) in [4.78, 5) is 24.4. The van der Waals surface area contributed by atoms with E-state index in [0.717, 1.165) is 0 Å². The number of para-hydroxylation sites is 1. The average molecular weight is 432 g/mol. The zero-order chi connectivity index (χ0) is 22.1. The molecule has 0 heterocycles. The molecule has 0 aliphatic rings. The lowest BCUT2D eigenvalue weighted by Gasteiger charge is -2.08. The first kappa shape index (κ1) is 21.6. The molecular formula is C24H18ClN3O3. The van der Waals surface area contributed by atoms with Crippen LogP contribution in [0.3, 0.4) is 0 Å². The smallest absolute Gasteiger partial charge is 0.266 e. The van der Waals surface area contributed by atoms with Crippen LogP contribution in [0.4, 0.5) is 11.4 Å². The van der Waals surface area contributed by atoms with Crippen LogP contribution in [-0.2, 0) is 9.59 Å². The fraction of sp³-hybridized carbons (Fsp3) is 0.0417. The average Bonchev–Trinajstić information content (AvgIpc) is 2.77. The van der Waals surface area contributed by atoms with Crippen molar-refractivity contribution in [3.63, 3.8) is 0 Å². The van der Waals surface area contributed by atoms with E-state index in [-0.39, 0.29) is 18.1 Å². The van der Waals surface area contributed by atoms with Crippen LogP contribution in [-0.4, -0.2) is 18.4 Å². The second-order valence-electron chi connectivity index (χ2n) is 6.41.